The lowest BCUT2D eigenvalue weighted by atomic mass is 9.89. The van der Waals surface area contributed by atoms with Crippen molar-refractivity contribution in [3.05, 3.63) is 54.4 Å². The summed E-state index contributed by atoms with van der Waals surface area (Å²) in [6.07, 6.45) is 7.51. The number of aliphatic hydroxyl groups excluding tert-OH is 3. The van der Waals surface area contributed by atoms with E-state index in [1.54, 1.807) is 18.2 Å². The normalized spacial score (nSPS) is 21.7. The average molecular weight is 583 g/mol. The number of carbonyl (C=O) groups excluding carboxylic acids is 2. The first kappa shape index (κ1) is 35.5. The van der Waals surface area contributed by atoms with Crippen LogP contribution in [-0.2, 0) is 9.59 Å². The highest BCUT2D eigenvalue weighted by molar-refractivity contribution is 5.69. The van der Waals surface area contributed by atoms with Crippen LogP contribution < -0.4 is 37.1 Å². The molecule has 1 aromatic rings. The highest BCUT2D eigenvalue weighted by Crippen LogP contribution is 2.36. The molecule has 13 heteroatoms. The average Bonchev–Trinajstić information content (AvgIpc) is 3.18. The van der Waals surface area contributed by atoms with Crippen LogP contribution in [0.3, 0.4) is 0 Å². The molecule has 0 amide bonds. The lowest BCUT2D eigenvalue weighted by Gasteiger charge is -2.19. The van der Waals surface area contributed by atoms with Gasteiger partial charge in [0, 0.05) is 24.7 Å². The van der Waals surface area contributed by atoms with Gasteiger partial charge in [0.25, 0.3) is 0 Å². The maximum absolute atomic E-state index is 13.5. The van der Waals surface area contributed by atoms with Crippen LogP contribution in [-0.4, -0.2) is 70.7 Å². The van der Waals surface area contributed by atoms with E-state index in [4.69, 9.17) is 16.2 Å². The van der Waals surface area contributed by atoms with Gasteiger partial charge >= 0.3 is 5.96 Å². The Morgan fingerprint density at radius 3 is 2.51 bits per heavy atom. The van der Waals surface area contributed by atoms with Gasteiger partial charge in [-0.2, -0.15) is 0 Å². The van der Waals surface area contributed by atoms with E-state index in [-0.39, 0.29) is 43.0 Å². The fourth-order valence-corrected chi connectivity index (χ4v) is 4.19. The molecule has 0 radical (unpaired) electrons. The van der Waals surface area contributed by atoms with Gasteiger partial charge in [0.05, 0.1) is 24.7 Å². The number of nitrogens with one attached hydrogen (secondary N) is 1. The van der Waals surface area contributed by atoms with E-state index >= 15 is 0 Å². The van der Waals surface area contributed by atoms with Gasteiger partial charge in [-0.25, -0.2) is 4.39 Å². The molecule has 1 saturated carbocycles. The van der Waals surface area contributed by atoms with Crippen molar-refractivity contribution in [3.63, 3.8) is 0 Å². The number of rotatable bonds is 16. The van der Waals surface area contributed by atoms with Crippen molar-refractivity contribution in [2.75, 3.05) is 13.2 Å². The molecular weight excluding hydrogens is 539 g/mol. The predicted molar refractivity (Wildman–Crippen MR) is 143 cm³/mol. The number of allylic oxidation sites excluding steroid dienone is 2. The summed E-state index contributed by atoms with van der Waals surface area (Å²) in [7, 11) is 0. The molecule has 11 N–H and O–H groups in total. The molecular formula is C28H43FN4O8. The molecule has 0 saturated heterocycles. The minimum absolute atomic E-state index is 0.00725. The number of nitrogens with two attached hydrogens (primary N) is 2. The van der Waals surface area contributed by atoms with E-state index < -0.39 is 42.1 Å². The zero-order chi connectivity index (χ0) is 30.8. The lowest BCUT2D eigenvalue weighted by Crippen LogP contribution is -2.78. The van der Waals surface area contributed by atoms with Gasteiger partial charge in [0.1, 0.15) is 18.8 Å². The molecule has 0 spiro atoms. The maximum atomic E-state index is 13.5. The van der Waals surface area contributed by atoms with E-state index in [0.29, 0.717) is 38.6 Å². The molecule has 1 aliphatic rings. The van der Waals surface area contributed by atoms with Crippen LogP contribution in [0.15, 0.2) is 48.6 Å². The zero-order valence-corrected chi connectivity index (χ0v) is 23.1. The van der Waals surface area contributed by atoms with Crippen molar-refractivity contribution in [3.8, 4) is 5.75 Å². The molecule has 0 heterocycles. The summed E-state index contributed by atoms with van der Waals surface area (Å²) >= 11 is 0. The van der Waals surface area contributed by atoms with Gasteiger partial charge in [-0.1, -0.05) is 36.4 Å². The number of carboxylic acid groups (broad SMARTS) is 2. The Morgan fingerprint density at radius 2 is 1.88 bits per heavy atom. The number of carboxylic acids is 2. The number of ether oxygens (including phenoxy) is 1. The molecule has 0 aliphatic heterocycles. The highest BCUT2D eigenvalue weighted by Gasteiger charge is 2.39. The second-order valence-corrected chi connectivity index (χ2v) is 9.82. The van der Waals surface area contributed by atoms with E-state index in [1.807, 2.05) is 12.2 Å². The van der Waals surface area contributed by atoms with E-state index in [1.165, 1.54) is 18.2 Å². The van der Waals surface area contributed by atoms with Crippen molar-refractivity contribution in [2.45, 2.75) is 69.3 Å². The van der Waals surface area contributed by atoms with Gasteiger partial charge in [-0.15, -0.1) is 0 Å². The third-order valence-electron chi connectivity index (χ3n) is 6.44. The number of halogens is 1. The van der Waals surface area contributed by atoms with Gasteiger partial charge < -0.3 is 45.6 Å². The van der Waals surface area contributed by atoms with Crippen LogP contribution in [0.5, 0.6) is 5.75 Å². The number of hydrogen-bond donors (Lipinski definition) is 7. The molecule has 41 heavy (non-hydrogen) atoms. The van der Waals surface area contributed by atoms with Crippen molar-refractivity contribution < 1.29 is 55.0 Å². The first-order valence-electron chi connectivity index (χ1n) is 13.5. The number of benzene rings is 1. The van der Waals surface area contributed by atoms with Gasteiger partial charge in [-0.3, -0.25) is 16.5 Å². The minimum atomic E-state index is -1.13. The summed E-state index contributed by atoms with van der Waals surface area (Å²) in [6, 6.07) is 5.25. The minimum Gasteiger partial charge on any atom is -0.550 e. The first-order valence-corrected chi connectivity index (χ1v) is 13.5. The second kappa shape index (κ2) is 19.5. The maximum Gasteiger partial charge on any atom is 0.338 e. The number of unbranched alkanes of at least 4 members (excludes halogenated alkanes) is 1. The van der Waals surface area contributed by atoms with Crippen LogP contribution in [0.4, 0.5) is 4.39 Å². The van der Waals surface area contributed by atoms with Crippen molar-refractivity contribution >= 4 is 17.9 Å². The molecule has 6 atom stereocenters. The second-order valence-electron chi connectivity index (χ2n) is 9.82. The summed E-state index contributed by atoms with van der Waals surface area (Å²) in [5.41, 5.74) is 13.6. The number of guanidine groups is 1. The van der Waals surface area contributed by atoms with Crippen LogP contribution in [0.25, 0.3) is 0 Å². The van der Waals surface area contributed by atoms with E-state index in [9.17, 15) is 39.5 Å². The third-order valence-corrected chi connectivity index (χ3v) is 6.44. The monoisotopic (exact) mass is 582 g/mol. The number of hydrogen-bond acceptors (Lipinski definition) is 8. The van der Waals surface area contributed by atoms with Crippen LogP contribution >= 0.6 is 0 Å². The number of para-hydroxylation sites is 1. The molecule has 0 bridgehead atoms. The topological polar surface area (TPSA) is 244 Å². The molecule has 2 unspecified atom stereocenters. The summed E-state index contributed by atoms with van der Waals surface area (Å²) < 4.78 is 18.8. The highest BCUT2D eigenvalue weighted by atomic mass is 19.1. The summed E-state index contributed by atoms with van der Waals surface area (Å²) in [4.78, 5) is 23.2. The molecule has 2 rings (SSSR count). The standard InChI is InChI=1S/C22H29FO6.C6H14N4O2/c23-18-8-5-6-9-21(18)29-14-15(24)11-12-17-16(19(25)13-20(17)26)7-3-1-2-4-10-22(27)28;7-4(5(11)12)2-1-3-10-6(8)9/h1,3,5-6,8-9,11-12,15-17,19-20,24-26H,2,4,7,10,13-14H2,(H,27,28);4H,1-3,7H2,(H,11,12)(H4,8,9,10)/b3-1-,12-11+;/t15-,16?,17?,19+,20-;4-/m10/s1. The van der Waals surface area contributed by atoms with Gasteiger partial charge in [0.15, 0.2) is 11.6 Å². The smallest absolute Gasteiger partial charge is 0.338 e. The third kappa shape index (κ3) is 15.2. The molecule has 1 aromatic carbocycles. The number of aliphatic hydroxyl groups is 3. The van der Waals surface area contributed by atoms with Crippen LogP contribution in [0.2, 0.25) is 0 Å². The van der Waals surface area contributed by atoms with E-state index in [2.05, 4.69) is 10.7 Å². The number of aliphatic carboxylic acids is 2. The van der Waals surface area contributed by atoms with Crippen molar-refractivity contribution in [1.29, 1.82) is 0 Å². The first-order chi connectivity index (χ1) is 19.4. The molecule has 1 aliphatic carbocycles. The Bertz CT molecular complexity index is 1020. The Labute approximate surface area is 239 Å². The summed E-state index contributed by atoms with van der Waals surface area (Å²) in [5, 5.41) is 51.1. The lowest BCUT2D eigenvalue weighted by molar-refractivity contribution is -0.466. The molecule has 230 valence electrons. The number of carbonyl (C=O) groups is 2. The number of quaternary nitrogens is 1. The Kier molecular flexibility index (Phi) is 16.9. The van der Waals surface area contributed by atoms with Gasteiger partial charge in [-0.05, 0) is 50.2 Å². The van der Waals surface area contributed by atoms with Crippen LogP contribution in [0.1, 0.15) is 44.9 Å². The Balaban J connectivity index is 0.000000590. The van der Waals surface area contributed by atoms with Gasteiger partial charge in [0.2, 0.25) is 0 Å². The Hall–Kier alpha value is -3.52. The molecule has 0 aromatic heterocycles. The quantitative estimate of drug-likeness (QED) is 0.0429. The summed E-state index contributed by atoms with van der Waals surface area (Å²) in [5.74, 6) is -3.05. The van der Waals surface area contributed by atoms with E-state index in [0.717, 1.165) is 0 Å². The molecule has 12 nitrogen and oxygen atoms in total. The van der Waals surface area contributed by atoms with Crippen LogP contribution in [0, 0.1) is 17.7 Å². The fourth-order valence-electron chi connectivity index (χ4n) is 4.19. The largest absolute Gasteiger partial charge is 0.550 e. The predicted octanol–water partition coefficient (Wildman–Crippen LogP) is -4.17. The zero-order valence-electron chi connectivity index (χ0n) is 23.1. The molecule has 1 fully saturated rings. The Morgan fingerprint density at radius 1 is 1.17 bits per heavy atom. The van der Waals surface area contributed by atoms with Crippen molar-refractivity contribution in [2.24, 2.45) is 23.3 Å². The van der Waals surface area contributed by atoms with Crippen molar-refractivity contribution in [1.82, 2.24) is 0 Å². The SMILES string of the molecule is NC(N)=[NH+]CCC[C@H]([NH3+])C(=O)[O-].O=C([O-])CCC/C=C\CC1C(/C=C/[C@@H](O)COc2ccccc2F)[C@H](O)C[C@@H]1O. The summed E-state index contributed by atoms with van der Waals surface area (Å²) in [6.45, 7) is 0.424. The fraction of sp³-hybridized carbons (Fsp3) is 0.536.